The number of rotatable bonds is 6. The Morgan fingerprint density at radius 1 is 1.44 bits per heavy atom. The molecule has 0 saturated heterocycles. The summed E-state index contributed by atoms with van der Waals surface area (Å²) >= 11 is 0. The number of aromatic nitrogens is 2. The summed E-state index contributed by atoms with van der Waals surface area (Å²) in [6.45, 7) is 1.00. The molecule has 1 rings (SSSR count). The maximum atomic E-state index is 12.0. The maximum absolute atomic E-state index is 12.0. The van der Waals surface area contributed by atoms with Gasteiger partial charge < -0.3 is 5.32 Å². The lowest BCUT2D eigenvalue weighted by atomic mass is 10.3. The minimum absolute atomic E-state index is 0.204. The zero-order valence-electron chi connectivity index (χ0n) is 9.50. The molecule has 3 N–H and O–H groups in total. The Bertz CT molecular complexity index is 483. The second-order valence-electron chi connectivity index (χ2n) is 3.44. The van der Waals surface area contributed by atoms with Crippen molar-refractivity contribution in [2.24, 2.45) is 0 Å². The van der Waals surface area contributed by atoms with Crippen LogP contribution in [0.2, 0.25) is 0 Å². The Morgan fingerprint density at radius 3 is 2.67 bits per heavy atom. The first-order valence-corrected chi connectivity index (χ1v) is 6.54. The van der Waals surface area contributed by atoms with Crippen molar-refractivity contribution in [1.29, 1.82) is 0 Å². The zero-order valence-corrected chi connectivity index (χ0v) is 10.3. The van der Waals surface area contributed by atoms with Gasteiger partial charge in [-0.15, -0.1) is 0 Å². The van der Waals surface area contributed by atoms with Crippen LogP contribution in [0.5, 0.6) is 0 Å². The standard InChI is InChI=1S/C8H13F3N4O2S/c1-2-12-3-6-4-13-15-7(6)18(16,17)14-5-8(9,10)11/h4,12,14H,2-3,5H2,1H3,(H,13,15). The largest absolute Gasteiger partial charge is 0.402 e. The van der Waals surface area contributed by atoms with Gasteiger partial charge in [-0.3, -0.25) is 5.10 Å². The Balaban J connectivity index is 2.82. The molecule has 0 fully saturated rings. The quantitative estimate of drug-likeness (QED) is 0.704. The van der Waals surface area contributed by atoms with Crippen LogP contribution in [0.1, 0.15) is 12.5 Å². The first kappa shape index (κ1) is 14.9. The molecule has 0 aliphatic carbocycles. The summed E-state index contributed by atoms with van der Waals surface area (Å²) in [7, 11) is -4.24. The third kappa shape index (κ3) is 4.27. The molecule has 0 bridgehead atoms. The molecule has 0 aromatic carbocycles. The molecule has 1 heterocycles. The van der Waals surface area contributed by atoms with Crippen LogP contribution in [0.3, 0.4) is 0 Å². The van der Waals surface area contributed by atoms with E-state index < -0.39 is 22.7 Å². The highest BCUT2D eigenvalue weighted by atomic mass is 32.2. The summed E-state index contributed by atoms with van der Waals surface area (Å²) in [4.78, 5) is 0. The van der Waals surface area contributed by atoms with E-state index in [4.69, 9.17) is 0 Å². The molecule has 0 spiro atoms. The van der Waals surface area contributed by atoms with Gasteiger partial charge in [0, 0.05) is 12.1 Å². The van der Waals surface area contributed by atoms with E-state index >= 15 is 0 Å². The maximum Gasteiger partial charge on any atom is 0.402 e. The van der Waals surface area contributed by atoms with Crippen molar-refractivity contribution in [2.75, 3.05) is 13.1 Å². The Labute approximate surface area is 102 Å². The van der Waals surface area contributed by atoms with Crippen LogP contribution < -0.4 is 10.0 Å². The van der Waals surface area contributed by atoms with Crippen LogP contribution >= 0.6 is 0 Å². The van der Waals surface area contributed by atoms with Crippen LogP contribution in [0.15, 0.2) is 11.2 Å². The van der Waals surface area contributed by atoms with Crippen LogP contribution in [0.4, 0.5) is 13.2 Å². The average Bonchev–Trinajstić information content (AvgIpc) is 2.72. The van der Waals surface area contributed by atoms with Gasteiger partial charge in [0.25, 0.3) is 10.0 Å². The van der Waals surface area contributed by atoms with Crippen molar-refractivity contribution < 1.29 is 21.6 Å². The lowest BCUT2D eigenvalue weighted by Gasteiger charge is -2.09. The Hall–Kier alpha value is -1.13. The molecule has 0 radical (unpaired) electrons. The van der Waals surface area contributed by atoms with E-state index in [0.29, 0.717) is 6.54 Å². The van der Waals surface area contributed by atoms with E-state index in [1.54, 1.807) is 0 Å². The van der Waals surface area contributed by atoms with Gasteiger partial charge in [0.15, 0.2) is 5.03 Å². The molecule has 18 heavy (non-hydrogen) atoms. The minimum atomic E-state index is -4.60. The summed E-state index contributed by atoms with van der Waals surface area (Å²) in [6.07, 6.45) is -3.35. The molecule has 6 nitrogen and oxygen atoms in total. The average molecular weight is 286 g/mol. The molecule has 0 atom stereocenters. The molecule has 104 valence electrons. The van der Waals surface area contributed by atoms with E-state index in [-0.39, 0.29) is 17.1 Å². The third-order valence-corrected chi connectivity index (χ3v) is 3.39. The van der Waals surface area contributed by atoms with E-state index in [2.05, 4.69) is 15.5 Å². The highest BCUT2D eigenvalue weighted by molar-refractivity contribution is 7.89. The molecule has 0 aliphatic rings. The van der Waals surface area contributed by atoms with Gasteiger partial charge in [-0.05, 0) is 6.54 Å². The molecule has 1 aromatic rings. The van der Waals surface area contributed by atoms with Crippen LogP contribution in [-0.4, -0.2) is 37.9 Å². The third-order valence-electron chi connectivity index (χ3n) is 1.97. The SMILES string of the molecule is CCNCc1cn[nH]c1S(=O)(=O)NCC(F)(F)F. The summed E-state index contributed by atoms with van der Waals surface area (Å²) in [5.41, 5.74) is 0.284. The number of halogens is 3. The van der Waals surface area contributed by atoms with Crippen LogP contribution in [0, 0.1) is 0 Å². The molecule has 1 aromatic heterocycles. The number of aromatic amines is 1. The van der Waals surface area contributed by atoms with E-state index in [1.807, 2.05) is 6.92 Å². The van der Waals surface area contributed by atoms with Crippen molar-refractivity contribution >= 4 is 10.0 Å². The fourth-order valence-corrected chi connectivity index (χ4v) is 2.31. The Morgan fingerprint density at radius 2 is 2.11 bits per heavy atom. The molecule has 0 amide bonds. The van der Waals surface area contributed by atoms with Gasteiger partial charge in [-0.1, -0.05) is 6.92 Å². The normalized spacial score (nSPS) is 12.9. The van der Waals surface area contributed by atoms with Crippen LogP contribution in [-0.2, 0) is 16.6 Å². The molecular formula is C8H13F3N4O2S. The van der Waals surface area contributed by atoms with E-state index in [1.165, 1.54) is 10.9 Å². The van der Waals surface area contributed by atoms with Gasteiger partial charge in [0.1, 0.15) is 6.54 Å². The van der Waals surface area contributed by atoms with Crippen molar-refractivity contribution in [2.45, 2.75) is 24.7 Å². The van der Waals surface area contributed by atoms with Crippen molar-refractivity contribution in [3.05, 3.63) is 11.8 Å². The topological polar surface area (TPSA) is 86.9 Å². The minimum Gasteiger partial charge on any atom is -0.313 e. The second kappa shape index (κ2) is 5.67. The fraction of sp³-hybridized carbons (Fsp3) is 0.625. The number of sulfonamides is 1. The molecule has 0 unspecified atom stereocenters. The summed E-state index contributed by atoms with van der Waals surface area (Å²) in [5, 5.41) is 8.21. The van der Waals surface area contributed by atoms with Gasteiger partial charge in [-0.25, -0.2) is 13.1 Å². The molecule has 0 saturated carbocycles. The highest BCUT2D eigenvalue weighted by Crippen LogP contribution is 2.16. The zero-order chi connectivity index (χ0) is 13.8. The van der Waals surface area contributed by atoms with Crippen LogP contribution in [0.25, 0.3) is 0 Å². The number of hydrogen-bond acceptors (Lipinski definition) is 4. The second-order valence-corrected chi connectivity index (χ2v) is 5.15. The van der Waals surface area contributed by atoms with Crippen molar-refractivity contribution in [3.8, 4) is 0 Å². The van der Waals surface area contributed by atoms with Crippen molar-refractivity contribution in [1.82, 2.24) is 20.2 Å². The number of alkyl halides is 3. The van der Waals surface area contributed by atoms with E-state index in [0.717, 1.165) is 0 Å². The predicted molar refractivity (Wildman–Crippen MR) is 57.2 cm³/mol. The smallest absolute Gasteiger partial charge is 0.313 e. The van der Waals surface area contributed by atoms with Gasteiger partial charge in [-0.2, -0.15) is 18.3 Å². The lowest BCUT2D eigenvalue weighted by Crippen LogP contribution is -2.34. The first-order chi connectivity index (χ1) is 8.26. The van der Waals surface area contributed by atoms with Crippen molar-refractivity contribution in [3.63, 3.8) is 0 Å². The lowest BCUT2D eigenvalue weighted by molar-refractivity contribution is -0.121. The number of nitrogens with zero attached hydrogens (tertiary/aromatic N) is 1. The van der Waals surface area contributed by atoms with Gasteiger partial charge in [0.2, 0.25) is 0 Å². The first-order valence-electron chi connectivity index (χ1n) is 5.05. The van der Waals surface area contributed by atoms with E-state index in [9.17, 15) is 21.6 Å². The monoisotopic (exact) mass is 286 g/mol. The fourth-order valence-electron chi connectivity index (χ4n) is 1.17. The Kier molecular flexibility index (Phi) is 4.71. The number of nitrogens with one attached hydrogen (secondary N) is 3. The van der Waals surface area contributed by atoms with Gasteiger partial charge >= 0.3 is 6.18 Å². The predicted octanol–water partition coefficient (Wildman–Crippen LogP) is 0.360. The summed E-state index contributed by atoms with van der Waals surface area (Å²) in [6, 6.07) is 0. The summed E-state index contributed by atoms with van der Waals surface area (Å²) < 4.78 is 60.6. The molecule has 10 heteroatoms. The number of H-pyrrole nitrogens is 1. The van der Waals surface area contributed by atoms with Gasteiger partial charge in [0.05, 0.1) is 6.20 Å². The number of hydrogen-bond donors (Lipinski definition) is 3. The summed E-state index contributed by atoms with van der Waals surface area (Å²) in [5.74, 6) is 0. The highest BCUT2D eigenvalue weighted by Gasteiger charge is 2.31. The molecule has 0 aliphatic heterocycles. The molecular weight excluding hydrogens is 273 g/mol.